The van der Waals surface area contributed by atoms with E-state index in [2.05, 4.69) is 4.98 Å². The van der Waals surface area contributed by atoms with Gasteiger partial charge in [0.25, 0.3) is 0 Å². The smallest absolute Gasteiger partial charge is 0.229 e. The molecule has 0 N–H and O–H groups in total. The molecule has 1 atom stereocenters. The Morgan fingerprint density at radius 3 is 2.64 bits per heavy atom. The van der Waals surface area contributed by atoms with Crippen LogP contribution in [0.25, 0.3) is 0 Å². The van der Waals surface area contributed by atoms with Crippen molar-refractivity contribution in [2.24, 2.45) is 5.92 Å². The minimum atomic E-state index is -0.0633. The second kappa shape index (κ2) is 8.65. The highest BCUT2D eigenvalue weighted by atomic mass is 16.5. The van der Waals surface area contributed by atoms with Crippen molar-refractivity contribution in [3.63, 3.8) is 0 Å². The lowest BCUT2D eigenvalue weighted by molar-refractivity contribution is -0.133. The van der Waals surface area contributed by atoms with Gasteiger partial charge in [-0.15, -0.1) is 0 Å². The quantitative estimate of drug-likeness (QED) is 0.802. The number of carbonyl (C=O) groups excluding carboxylic acids is 1. The SMILES string of the molecule is C[C@@H](C(=O)N1CCC(CCOc2cccnc2)CC1)c1ccccc1. The third kappa shape index (κ3) is 4.81. The molecule has 1 aromatic carbocycles. The Balaban J connectivity index is 1.41. The van der Waals surface area contributed by atoms with E-state index in [1.807, 2.05) is 54.3 Å². The number of rotatable bonds is 6. The van der Waals surface area contributed by atoms with Crippen LogP contribution in [-0.4, -0.2) is 35.5 Å². The second-order valence-corrected chi connectivity index (χ2v) is 6.73. The molecular formula is C21H26N2O2. The molecule has 25 heavy (non-hydrogen) atoms. The topological polar surface area (TPSA) is 42.4 Å². The highest BCUT2D eigenvalue weighted by Gasteiger charge is 2.26. The zero-order valence-electron chi connectivity index (χ0n) is 14.8. The summed E-state index contributed by atoms with van der Waals surface area (Å²) in [6.07, 6.45) is 6.64. The van der Waals surface area contributed by atoms with Gasteiger partial charge in [-0.25, -0.2) is 0 Å². The molecule has 0 aliphatic carbocycles. The Bertz CT molecular complexity index is 652. The third-order valence-corrected chi connectivity index (χ3v) is 5.03. The molecule has 2 aromatic rings. The second-order valence-electron chi connectivity index (χ2n) is 6.73. The average molecular weight is 338 g/mol. The molecule has 1 aliphatic heterocycles. The molecule has 132 valence electrons. The van der Waals surface area contributed by atoms with Gasteiger partial charge in [0, 0.05) is 19.3 Å². The average Bonchev–Trinajstić information content (AvgIpc) is 2.69. The molecule has 1 saturated heterocycles. The van der Waals surface area contributed by atoms with Gasteiger partial charge >= 0.3 is 0 Å². The molecule has 0 saturated carbocycles. The van der Waals surface area contributed by atoms with Crippen molar-refractivity contribution in [2.75, 3.05) is 19.7 Å². The highest BCUT2D eigenvalue weighted by Crippen LogP contribution is 2.25. The summed E-state index contributed by atoms with van der Waals surface area (Å²) in [5.74, 6) is 1.64. The van der Waals surface area contributed by atoms with Gasteiger partial charge in [-0.2, -0.15) is 0 Å². The van der Waals surface area contributed by atoms with Crippen LogP contribution in [-0.2, 0) is 4.79 Å². The van der Waals surface area contributed by atoms with E-state index < -0.39 is 0 Å². The number of likely N-dealkylation sites (tertiary alicyclic amines) is 1. The third-order valence-electron chi connectivity index (χ3n) is 5.03. The van der Waals surface area contributed by atoms with Crippen molar-refractivity contribution >= 4 is 5.91 Å². The number of benzene rings is 1. The molecule has 1 fully saturated rings. The van der Waals surface area contributed by atoms with Gasteiger partial charge in [0.05, 0.1) is 18.7 Å². The van der Waals surface area contributed by atoms with Crippen LogP contribution in [0.2, 0.25) is 0 Å². The van der Waals surface area contributed by atoms with Crippen molar-refractivity contribution in [1.82, 2.24) is 9.88 Å². The van der Waals surface area contributed by atoms with Gasteiger partial charge in [0.15, 0.2) is 0 Å². The molecule has 2 heterocycles. The Labute approximate surface area is 149 Å². The minimum Gasteiger partial charge on any atom is -0.492 e. The van der Waals surface area contributed by atoms with Crippen LogP contribution in [0.1, 0.15) is 37.7 Å². The molecule has 0 radical (unpaired) electrons. The number of amides is 1. The molecule has 0 unspecified atom stereocenters. The molecular weight excluding hydrogens is 312 g/mol. The van der Waals surface area contributed by atoms with Crippen molar-refractivity contribution < 1.29 is 9.53 Å². The Morgan fingerprint density at radius 2 is 1.96 bits per heavy atom. The standard InChI is InChI=1S/C21H26N2O2/c1-17(19-6-3-2-4-7-19)21(24)23-13-9-18(10-14-23)11-15-25-20-8-5-12-22-16-20/h2-8,12,16-18H,9-11,13-15H2,1H3/t17-/m1/s1. The van der Waals surface area contributed by atoms with E-state index in [4.69, 9.17) is 4.74 Å². The maximum atomic E-state index is 12.7. The summed E-state index contributed by atoms with van der Waals surface area (Å²) in [5, 5.41) is 0. The van der Waals surface area contributed by atoms with Crippen LogP contribution < -0.4 is 4.74 Å². The number of pyridine rings is 1. The first-order valence-corrected chi connectivity index (χ1v) is 9.10. The van der Waals surface area contributed by atoms with E-state index in [0.717, 1.165) is 43.7 Å². The van der Waals surface area contributed by atoms with Crippen molar-refractivity contribution in [2.45, 2.75) is 32.1 Å². The molecule has 1 aliphatic rings. The molecule has 0 spiro atoms. The Morgan fingerprint density at radius 1 is 1.20 bits per heavy atom. The number of aromatic nitrogens is 1. The molecule has 4 nitrogen and oxygen atoms in total. The summed E-state index contributed by atoms with van der Waals surface area (Å²) < 4.78 is 5.74. The fourth-order valence-corrected chi connectivity index (χ4v) is 3.38. The van der Waals surface area contributed by atoms with E-state index in [0.29, 0.717) is 12.5 Å². The van der Waals surface area contributed by atoms with Gasteiger partial charge in [-0.05, 0) is 49.8 Å². The van der Waals surface area contributed by atoms with E-state index in [1.165, 1.54) is 0 Å². The normalized spacial score (nSPS) is 16.4. The Hall–Kier alpha value is -2.36. The first-order valence-electron chi connectivity index (χ1n) is 9.10. The number of hydrogen-bond acceptors (Lipinski definition) is 3. The van der Waals surface area contributed by atoms with Crippen LogP contribution in [0.5, 0.6) is 5.75 Å². The first kappa shape index (κ1) is 17.5. The highest BCUT2D eigenvalue weighted by molar-refractivity contribution is 5.83. The van der Waals surface area contributed by atoms with E-state index in [1.54, 1.807) is 12.4 Å². The summed E-state index contributed by atoms with van der Waals surface area (Å²) in [4.78, 5) is 18.8. The maximum Gasteiger partial charge on any atom is 0.229 e. The zero-order valence-corrected chi connectivity index (χ0v) is 14.8. The summed E-state index contributed by atoms with van der Waals surface area (Å²) in [6.45, 7) is 4.43. The molecule has 0 bridgehead atoms. The molecule has 3 rings (SSSR count). The van der Waals surface area contributed by atoms with E-state index in [9.17, 15) is 4.79 Å². The molecule has 1 amide bonds. The summed E-state index contributed by atoms with van der Waals surface area (Å²) in [6, 6.07) is 13.9. The van der Waals surface area contributed by atoms with E-state index in [-0.39, 0.29) is 11.8 Å². The van der Waals surface area contributed by atoms with Crippen LogP contribution in [0.4, 0.5) is 0 Å². The van der Waals surface area contributed by atoms with Gasteiger partial charge in [0.2, 0.25) is 5.91 Å². The predicted octanol–water partition coefficient (Wildman–Crippen LogP) is 3.89. The van der Waals surface area contributed by atoms with Gasteiger partial charge in [-0.1, -0.05) is 30.3 Å². The van der Waals surface area contributed by atoms with Crippen LogP contribution >= 0.6 is 0 Å². The first-order chi connectivity index (χ1) is 12.2. The van der Waals surface area contributed by atoms with Gasteiger partial charge in [-0.3, -0.25) is 9.78 Å². The molecule has 1 aromatic heterocycles. The van der Waals surface area contributed by atoms with Crippen LogP contribution in [0, 0.1) is 5.92 Å². The minimum absolute atomic E-state index is 0.0633. The lowest BCUT2D eigenvalue weighted by atomic mass is 9.92. The fourth-order valence-electron chi connectivity index (χ4n) is 3.38. The lowest BCUT2D eigenvalue weighted by Crippen LogP contribution is -2.40. The zero-order chi connectivity index (χ0) is 17.5. The summed E-state index contributed by atoms with van der Waals surface area (Å²) in [7, 11) is 0. The van der Waals surface area contributed by atoms with Gasteiger partial charge < -0.3 is 9.64 Å². The number of nitrogens with zero attached hydrogens (tertiary/aromatic N) is 2. The maximum absolute atomic E-state index is 12.7. The van der Waals surface area contributed by atoms with Crippen molar-refractivity contribution in [1.29, 1.82) is 0 Å². The lowest BCUT2D eigenvalue weighted by Gasteiger charge is -2.33. The molecule has 4 heteroatoms. The number of carbonyl (C=O) groups is 1. The fraction of sp³-hybridized carbons (Fsp3) is 0.429. The van der Waals surface area contributed by atoms with Crippen LogP contribution in [0.15, 0.2) is 54.9 Å². The number of piperidine rings is 1. The van der Waals surface area contributed by atoms with Crippen molar-refractivity contribution in [3.05, 3.63) is 60.4 Å². The Kier molecular flexibility index (Phi) is 6.04. The summed E-state index contributed by atoms with van der Waals surface area (Å²) in [5.41, 5.74) is 1.10. The number of hydrogen-bond donors (Lipinski definition) is 0. The number of ether oxygens (including phenoxy) is 1. The largest absolute Gasteiger partial charge is 0.492 e. The van der Waals surface area contributed by atoms with Crippen LogP contribution in [0.3, 0.4) is 0 Å². The predicted molar refractivity (Wildman–Crippen MR) is 98.5 cm³/mol. The summed E-state index contributed by atoms with van der Waals surface area (Å²) >= 11 is 0. The monoisotopic (exact) mass is 338 g/mol. The van der Waals surface area contributed by atoms with Crippen molar-refractivity contribution in [3.8, 4) is 5.75 Å². The van der Waals surface area contributed by atoms with E-state index >= 15 is 0 Å². The van der Waals surface area contributed by atoms with Gasteiger partial charge in [0.1, 0.15) is 5.75 Å².